The minimum absolute atomic E-state index is 0. The smallest absolute Gasteiger partial charge is 1.00 e. The summed E-state index contributed by atoms with van der Waals surface area (Å²) in [6.07, 6.45) is 7.92. The Labute approximate surface area is 517 Å². The van der Waals surface area contributed by atoms with E-state index in [1.54, 1.807) is 20.8 Å². The quantitative estimate of drug-likeness (QED) is 0.0294. The normalized spacial score (nSPS) is 7.62. The molecule has 0 saturated carbocycles. The summed E-state index contributed by atoms with van der Waals surface area (Å²) in [6.45, 7) is -0.814. The molecule has 0 unspecified atom stereocenters. The number of aromatic carboxylic acids is 1. The maximum Gasteiger partial charge on any atom is 1.00 e. The van der Waals surface area contributed by atoms with E-state index in [4.69, 9.17) is 36.6 Å². The van der Waals surface area contributed by atoms with Crippen LogP contribution < -0.4 is 171 Å². The molecule has 0 spiro atoms. The summed E-state index contributed by atoms with van der Waals surface area (Å²) < 4.78 is 85.3. The van der Waals surface area contributed by atoms with Crippen molar-refractivity contribution in [3.05, 3.63) is 72.1 Å². The standard InChI is InChI=1S/C8H7F2NO3.C8H6.C7H5F2NO3.C7H7NO3.C7H4.C2HClF2O2.CH2O3.2K.Li.Na.H2O.H/c1-13-7(12)6-3-2-5(4-11-6)14-8(9)10;1-3-5-7-8-6-4-2;8-7(9)13-4-1-2-5(6(11)12)10-3-4;1-11-7(10)6-3-2-5(9)4-8-6;1-3-5-7-6-4-2;3-2(4,5)1(6)7;2-1-4-3;;;;;;/h2-4,8H,1H3;1-2H3;1-3,7H,(H,11,12);2-4,9H,1H3;1H,2H3;(H,6,7);1,3H;;;;;1H2;/q;;;;;;;4*+1;;-1/p-3. The van der Waals surface area contributed by atoms with Crippen molar-refractivity contribution in [1.82, 2.24) is 15.0 Å². The number of aromatic nitrogens is 3. The minimum atomic E-state index is -4.22. The summed E-state index contributed by atoms with van der Waals surface area (Å²) in [5.41, 5.74) is 0.000956. The van der Waals surface area contributed by atoms with Gasteiger partial charge in [-0.25, -0.2) is 29.3 Å². The van der Waals surface area contributed by atoms with Crippen LogP contribution in [0, 0.1) is 71.5 Å². The average Bonchev–Trinajstić information content (AvgIpc) is 3.26. The summed E-state index contributed by atoms with van der Waals surface area (Å²) in [5.74, 6) is 22.3. The molecule has 0 aliphatic heterocycles. The van der Waals surface area contributed by atoms with Crippen LogP contribution in [0.25, 0.3) is 0 Å². The number of ether oxygens (including phenoxy) is 4. The van der Waals surface area contributed by atoms with E-state index < -0.39 is 42.5 Å². The van der Waals surface area contributed by atoms with Crippen molar-refractivity contribution in [1.29, 1.82) is 0 Å². The van der Waals surface area contributed by atoms with Crippen molar-refractivity contribution >= 4 is 42.0 Å². The number of hydrogen-bond acceptors (Lipinski definition) is 17. The van der Waals surface area contributed by atoms with E-state index in [0.717, 1.165) is 24.5 Å². The zero-order chi connectivity index (χ0) is 49.9. The first-order chi connectivity index (χ1) is 30.1. The molecule has 0 aliphatic rings. The second kappa shape index (κ2) is 56.8. The fourth-order valence-electron chi connectivity index (χ4n) is 2.39. The van der Waals surface area contributed by atoms with Crippen LogP contribution in [0.4, 0.5) is 26.3 Å². The second-order valence-electron chi connectivity index (χ2n) is 8.95. The molecule has 0 atom stereocenters. The number of carboxylic acid groups (broad SMARTS) is 2. The van der Waals surface area contributed by atoms with Gasteiger partial charge in [0.2, 0.25) is 0 Å². The molecule has 69 heavy (non-hydrogen) atoms. The molecule has 3 rings (SSSR count). The van der Waals surface area contributed by atoms with Crippen LogP contribution in [0.2, 0.25) is 0 Å². The molecule has 3 N–H and O–H groups in total. The van der Waals surface area contributed by atoms with E-state index in [1.807, 2.05) is 0 Å². The summed E-state index contributed by atoms with van der Waals surface area (Å²) in [4.78, 5) is 62.8. The van der Waals surface area contributed by atoms with E-state index in [-0.39, 0.29) is 199 Å². The fraction of sp³-hybridized carbons (Fsp3) is 0.200. The van der Waals surface area contributed by atoms with Gasteiger partial charge in [0, 0.05) is 0 Å². The number of nitrogens with zero attached hydrogens (tertiary/aromatic N) is 3. The largest absolute Gasteiger partial charge is 1.00 e. The number of carbonyl (C=O) groups is 5. The molecule has 0 fully saturated rings. The van der Waals surface area contributed by atoms with Gasteiger partial charge in [0.25, 0.3) is 6.47 Å². The first-order valence-electron chi connectivity index (χ1n) is 15.7. The van der Waals surface area contributed by atoms with Gasteiger partial charge in [0.05, 0.1) is 32.8 Å². The molecule has 18 nitrogen and oxygen atoms in total. The number of carboxylic acids is 2. The Kier molecular flexibility index (Phi) is 70.1. The van der Waals surface area contributed by atoms with E-state index in [2.05, 4.69) is 116 Å². The first kappa shape index (κ1) is 85.1. The minimum Gasteiger partial charge on any atom is -1.00 e. The number of halogens is 7. The number of hydrogen-bond donors (Lipinski definition) is 2. The van der Waals surface area contributed by atoms with Gasteiger partial charge in [0.1, 0.15) is 40.3 Å². The third kappa shape index (κ3) is 56.7. The molecule has 0 saturated heterocycles. The van der Waals surface area contributed by atoms with Crippen LogP contribution in [-0.4, -0.2) is 93.8 Å². The van der Waals surface area contributed by atoms with Gasteiger partial charge >= 0.3 is 188 Å². The van der Waals surface area contributed by atoms with E-state index >= 15 is 0 Å². The topological polar surface area (TPSA) is 287 Å². The van der Waals surface area contributed by atoms with Gasteiger partial charge in [-0.15, -0.1) is 6.42 Å². The predicted molar refractivity (Wildman–Crippen MR) is 208 cm³/mol. The molecule has 29 heteroatoms. The Hall–Kier alpha value is -3.78. The molecular formula is C40H32ClF6K2LiN3NaO15. The predicted octanol–water partition coefficient (Wildman–Crippen LogP) is -8.94. The first-order valence-corrected chi connectivity index (χ1v) is 16.1. The molecule has 0 aromatic carbocycles. The van der Waals surface area contributed by atoms with Crippen molar-refractivity contribution in [3.63, 3.8) is 0 Å². The summed E-state index contributed by atoms with van der Waals surface area (Å²) in [7, 11) is 2.48. The Balaban J connectivity index is -0.0000000760. The Morgan fingerprint density at radius 3 is 1.28 bits per heavy atom. The summed E-state index contributed by atoms with van der Waals surface area (Å²) in [5, 5.41) is 30.4. The second-order valence-corrected chi connectivity index (χ2v) is 9.43. The van der Waals surface area contributed by atoms with E-state index in [1.165, 1.54) is 44.7 Å². The van der Waals surface area contributed by atoms with Crippen LogP contribution in [0.5, 0.6) is 17.2 Å². The summed E-state index contributed by atoms with van der Waals surface area (Å²) in [6, 6.07) is 7.41. The van der Waals surface area contributed by atoms with Crippen molar-refractivity contribution in [3.8, 4) is 88.8 Å². The Bertz CT molecular complexity index is 2250. The monoisotopic (exact) mass is 1050 g/mol. The number of methoxy groups -OCH3 is 2. The number of pyridine rings is 3. The number of esters is 2. The molecule has 3 aromatic heterocycles. The number of aliphatic carboxylic acids is 1. The van der Waals surface area contributed by atoms with Crippen LogP contribution >= 0.6 is 11.6 Å². The van der Waals surface area contributed by atoms with Crippen LogP contribution in [-0.2, 0) is 24.0 Å². The average molecular weight is 1050 g/mol. The van der Waals surface area contributed by atoms with Gasteiger partial charge in [0.15, 0.2) is 0 Å². The Morgan fingerprint density at radius 1 is 0.739 bits per heavy atom. The van der Waals surface area contributed by atoms with Crippen molar-refractivity contribution < 1.29 is 253 Å². The molecule has 350 valence electrons. The molecular weight excluding hydrogens is 1020 g/mol. The van der Waals surface area contributed by atoms with Gasteiger partial charge in [-0.05, 0) is 116 Å². The molecule has 0 bridgehead atoms. The molecule has 0 aliphatic carbocycles. The van der Waals surface area contributed by atoms with Crippen molar-refractivity contribution in [2.75, 3.05) is 14.2 Å². The molecule has 3 aromatic rings. The number of aromatic hydroxyl groups is 1. The van der Waals surface area contributed by atoms with Gasteiger partial charge in [-0.1, -0.05) is 17.8 Å². The van der Waals surface area contributed by atoms with Gasteiger partial charge in [-0.2, -0.15) is 26.3 Å². The Morgan fingerprint density at radius 2 is 1.06 bits per heavy atom. The number of rotatable bonds is 9. The van der Waals surface area contributed by atoms with Crippen molar-refractivity contribution in [2.45, 2.75) is 39.4 Å². The van der Waals surface area contributed by atoms with Crippen LogP contribution in [0.15, 0.2) is 55.0 Å². The van der Waals surface area contributed by atoms with Crippen LogP contribution in [0.3, 0.4) is 0 Å². The number of carbonyl (C=O) groups excluding carboxylic acids is 4. The van der Waals surface area contributed by atoms with Crippen molar-refractivity contribution in [2.24, 2.45) is 0 Å². The number of alkyl halides is 7. The van der Waals surface area contributed by atoms with E-state index in [0.29, 0.717) is 0 Å². The molecule has 3 heterocycles. The fourth-order valence-corrected chi connectivity index (χ4v) is 2.39. The SMILES string of the molecule is C#CC#CC#CC.CC#CC#CC#CC.COC(=O)c1ccc(O)cn1.COC(=O)c1ccc(OC(F)F)cn1.O=C(O)c1ccc(OC(F)F)cn1.O=C([O-])C(F)(F)Cl.O=CO[O-].[H-].[K+].[K+].[Li+].[Na+].[OH-]. The summed E-state index contributed by atoms with van der Waals surface area (Å²) >= 11 is 3.87. The number of terminal acetylenes is 1. The zero-order valence-corrected chi connectivity index (χ0v) is 46.7. The van der Waals surface area contributed by atoms with Gasteiger partial charge in [-0.3, -0.25) is 4.79 Å². The molecule has 0 radical (unpaired) electrons. The molecule has 0 amide bonds. The third-order valence-corrected chi connectivity index (χ3v) is 4.86. The maximum absolute atomic E-state index is 11.7. The third-order valence-electron chi connectivity index (χ3n) is 4.71. The maximum atomic E-state index is 11.7. The van der Waals surface area contributed by atoms with E-state index in [9.17, 15) is 40.7 Å². The zero-order valence-electron chi connectivity index (χ0n) is 38.7. The van der Waals surface area contributed by atoms with Crippen LogP contribution in [0.1, 0.15) is 53.7 Å². The van der Waals surface area contributed by atoms with Gasteiger partial charge < -0.3 is 56.1 Å².